The fourth-order valence-electron chi connectivity index (χ4n) is 6.96. The van der Waals surface area contributed by atoms with E-state index in [4.69, 9.17) is 14.2 Å². The fourth-order valence-corrected chi connectivity index (χ4v) is 7.63. The molecule has 1 atom stereocenters. The van der Waals surface area contributed by atoms with E-state index in [-0.39, 0.29) is 11.9 Å². The molecule has 12 heteroatoms. The molecule has 0 aliphatic carbocycles. The molecule has 5 aromatic rings. The standard InChI is InChI=1S/C42H47N5O6S/c1-41(2,3)52-39(49)34-14-13-31(24-35(34)51-33-23-29-15-16-46(37(29)43-25-33)40(50)53-42(4,5)6)45-19-17-44(18-20-45)27-32-22-28-10-7-8-11-30(28)26-47(32)38(48)36-12-9-21-54-36/h7-16,21,23-25,32H,17-20,22,26-27H2,1-6H3. The molecule has 7 rings (SSSR count). The smallest absolute Gasteiger partial charge is 0.420 e. The van der Waals surface area contributed by atoms with Crippen molar-refractivity contribution in [3.8, 4) is 11.5 Å². The van der Waals surface area contributed by atoms with E-state index in [1.807, 2.05) is 77.3 Å². The number of carbonyl (C=O) groups excluding carboxylic acids is 3. The van der Waals surface area contributed by atoms with Gasteiger partial charge in [0.1, 0.15) is 33.9 Å². The Kier molecular flexibility index (Phi) is 10.3. The van der Waals surface area contributed by atoms with E-state index in [2.05, 4.69) is 37.9 Å². The average molecular weight is 750 g/mol. The van der Waals surface area contributed by atoms with Crippen LogP contribution in [0.1, 0.15) is 72.7 Å². The number of pyridine rings is 1. The van der Waals surface area contributed by atoms with Crippen LogP contribution in [0.4, 0.5) is 10.5 Å². The topological polar surface area (TPSA) is 106 Å². The minimum atomic E-state index is -0.696. The predicted molar refractivity (Wildman–Crippen MR) is 210 cm³/mol. The van der Waals surface area contributed by atoms with Gasteiger partial charge in [-0.15, -0.1) is 11.3 Å². The van der Waals surface area contributed by atoms with E-state index >= 15 is 0 Å². The summed E-state index contributed by atoms with van der Waals surface area (Å²) in [5.41, 5.74) is 2.83. The molecule has 0 bridgehead atoms. The van der Waals surface area contributed by atoms with E-state index in [0.717, 1.165) is 49.7 Å². The number of benzene rings is 2. The van der Waals surface area contributed by atoms with Crippen LogP contribution < -0.4 is 9.64 Å². The summed E-state index contributed by atoms with van der Waals surface area (Å²) in [5.74, 6) is 0.359. The van der Waals surface area contributed by atoms with E-state index in [1.54, 1.807) is 24.4 Å². The highest BCUT2D eigenvalue weighted by Crippen LogP contribution is 2.34. The Balaban J connectivity index is 1.08. The van der Waals surface area contributed by atoms with Crippen molar-refractivity contribution in [2.24, 2.45) is 0 Å². The maximum Gasteiger partial charge on any atom is 0.420 e. The summed E-state index contributed by atoms with van der Waals surface area (Å²) in [4.78, 5) is 51.9. The molecule has 5 heterocycles. The zero-order chi connectivity index (χ0) is 38.2. The summed E-state index contributed by atoms with van der Waals surface area (Å²) in [7, 11) is 0. The molecular weight excluding hydrogens is 703 g/mol. The molecule has 2 aliphatic heterocycles. The average Bonchev–Trinajstić information content (AvgIpc) is 3.81. The van der Waals surface area contributed by atoms with Crippen molar-refractivity contribution in [1.29, 1.82) is 0 Å². The number of hydrogen-bond acceptors (Lipinski definition) is 10. The second-order valence-electron chi connectivity index (χ2n) is 15.9. The van der Waals surface area contributed by atoms with Gasteiger partial charge in [-0.05, 0) is 94.8 Å². The Morgan fingerprint density at radius 1 is 0.852 bits per heavy atom. The monoisotopic (exact) mass is 749 g/mol. The molecule has 11 nitrogen and oxygen atoms in total. The molecule has 1 saturated heterocycles. The third-order valence-electron chi connectivity index (χ3n) is 9.46. The first-order valence-corrected chi connectivity index (χ1v) is 19.2. The van der Waals surface area contributed by atoms with Crippen LogP contribution in [-0.2, 0) is 22.4 Å². The molecule has 0 N–H and O–H groups in total. The number of amides is 1. The van der Waals surface area contributed by atoms with Crippen LogP contribution in [0.2, 0.25) is 0 Å². The first-order chi connectivity index (χ1) is 25.7. The van der Waals surface area contributed by atoms with E-state index < -0.39 is 23.3 Å². The van der Waals surface area contributed by atoms with Gasteiger partial charge in [-0.3, -0.25) is 9.69 Å². The van der Waals surface area contributed by atoms with Gasteiger partial charge in [0.05, 0.1) is 11.1 Å². The molecule has 1 fully saturated rings. The van der Waals surface area contributed by atoms with E-state index in [0.29, 0.717) is 34.6 Å². The summed E-state index contributed by atoms with van der Waals surface area (Å²) in [6.07, 6.45) is 3.46. The third-order valence-corrected chi connectivity index (χ3v) is 10.3. The molecule has 0 spiro atoms. The van der Waals surface area contributed by atoms with Crippen LogP contribution in [0.25, 0.3) is 11.0 Å². The zero-order valence-electron chi connectivity index (χ0n) is 31.7. The van der Waals surface area contributed by atoms with Crippen LogP contribution in [-0.4, -0.2) is 87.3 Å². The Labute approximate surface area is 320 Å². The van der Waals surface area contributed by atoms with E-state index in [1.165, 1.54) is 33.2 Å². The third kappa shape index (κ3) is 8.45. The Morgan fingerprint density at radius 2 is 1.59 bits per heavy atom. The number of carbonyl (C=O) groups is 3. The number of ether oxygens (including phenoxy) is 3. The molecule has 2 aromatic carbocycles. The first kappa shape index (κ1) is 37.1. The molecule has 1 unspecified atom stereocenters. The lowest BCUT2D eigenvalue weighted by Crippen LogP contribution is -2.54. The highest BCUT2D eigenvalue weighted by molar-refractivity contribution is 7.12. The fraction of sp³-hybridized carbons (Fsp3) is 0.381. The maximum atomic E-state index is 13.7. The van der Waals surface area contributed by atoms with Crippen molar-refractivity contribution in [3.05, 3.63) is 106 Å². The predicted octanol–water partition coefficient (Wildman–Crippen LogP) is 8.02. The summed E-state index contributed by atoms with van der Waals surface area (Å²) >= 11 is 1.49. The summed E-state index contributed by atoms with van der Waals surface area (Å²) in [5, 5.41) is 2.64. The number of thiophene rings is 1. The van der Waals surface area contributed by atoms with Gasteiger partial charge in [-0.25, -0.2) is 19.1 Å². The van der Waals surface area contributed by atoms with Crippen molar-refractivity contribution in [3.63, 3.8) is 0 Å². The molecule has 0 radical (unpaired) electrons. The Hall–Kier alpha value is -5.20. The molecule has 1 amide bonds. The number of rotatable bonds is 7. The summed E-state index contributed by atoms with van der Waals surface area (Å²) in [6, 6.07) is 21.5. The number of hydrogen-bond donors (Lipinski definition) is 0. The lowest BCUT2D eigenvalue weighted by Gasteiger charge is -2.42. The minimum absolute atomic E-state index is 0.0705. The quantitative estimate of drug-likeness (QED) is 0.153. The maximum absolute atomic E-state index is 13.7. The van der Waals surface area contributed by atoms with Crippen molar-refractivity contribution < 1.29 is 28.6 Å². The van der Waals surface area contributed by atoms with Gasteiger partial charge < -0.3 is 24.0 Å². The highest BCUT2D eigenvalue weighted by Gasteiger charge is 2.33. The van der Waals surface area contributed by atoms with Crippen LogP contribution in [0.3, 0.4) is 0 Å². The van der Waals surface area contributed by atoms with Crippen molar-refractivity contribution >= 4 is 46.0 Å². The lowest BCUT2D eigenvalue weighted by atomic mass is 9.93. The molecule has 2 aliphatic rings. The van der Waals surface area contributed by atoms with Crippen LogP contribution in [0, 0.1) is 0 Å². The number of nitrogens with zero attached hydrogens (tertiary/aromatic N) is 5. The van der Waals surface area contributed by atoms with Crippen LogP contribution in [0.15, 0.2) is 84.5 Å². The molecule has 282 valence electrons. The van der Waals surface area contributed by atoms with Gasteiger partial charge in [0.2, 0.25) is 0 Å². The van der Waals surface area contributed by atoms with Crippen molar-refractivity contribution in [1.82, 2.24) is 19.4 Å². The Bertz CT molecular complexity index is 2160. The van der Waals surface area contributed by atoms with Gasteiger partial charge in [0.15, 0.2) is 0 Å². The zero-order valence-corrected chi connectivity index (χ0v) is 32.5. The number of fused-ring (bicyclic) bond motifs is 2. The second-order valence-corrected chi connectivity index (χ2v) is 16.8. The second kappa shape index (κ2) is 14.9. The van der Waals surface area contributed by atoms with Crippen molar-refractivity contribution in [2.75, 3.05) is 37.6 Å². The molecule has 3 aromatic heterocycles. The summed E-state index contributed by atoms with van der Waals surface area (Å²) in [6.45, 7) is 15.5. The minimum Gasteiger partial charge on any atom is -0.456 e. The number of anilines is 1. The van der Waals surface area contributed by atoms with Crippen molar-refractivity contribution in [2.45, 2.75) is 71.8 Å². The number of esters is 1. The van der Waals surface area contributed by atoms with Gasteiger partial charge in [0.25, 0.3) is 5.91 Å². The number of aromatic nitrogens is 2. The molecule has 0 saturated carbocycles. The number of piperazine rings is 1. The Morgan fingerprint density at radius 3 is 2.30 bits per heavy atom. The lowest BCUT2D eigenvalue weighted by molar-refractivity contribution is 0.00667. The van der Waals surface area contributed by atoms with E-state index in [9.17, 15) is 14.4 Å². The molecule has 54 heavy (non-hydrogen) atoms. The normalized spacial score (nSPS) is 16.6. The van der Waals surface area contributed by atoms with Gasteiger partial charge >= 0.3 is 12.1 Å². The summed E-state index contributed by atoms with van der Waals surface area (Å²) < 4.78 is 19.0. The van der Waals surface area contributed by atoms with Gasteiger partial charge in [-0.2, -0.15) is 0 Å². The largest absolute Gasteiger partial charge is 0.456 e. The molecular formula is C42H47N5O6S. The van der Waals surface area contributed by atoms with Crippen LogP contribution >= 0.6 is 11.3 Å². The highest BCUT2D eigenvalue weighted by atomic mass is 32.1. The SMILES string of the molecule is CC(C)(C)OC(=O)c1ccc(N2CCN(CC3Cc4ccccc4CN3C(=O)c3cccs3)CC2)cc1Oc1cnc2c(ccn2C(=O)OC(C)(C)C)c1. The first-order valence-electron chi connectivity index (χ1n) is 18.3. The van der Waals surface area contributed by atoms with Gasteiger partial charge in [-0.1, -0.05) is 30.3 Å². The van der Waals surface area contributed by atoms with Gasteiger partial charge in [0, 0.05) is 68.6 Å². The van der Waals surface area contributed by atoms with Crippen LogP contribution in [0.5, 0.6) is 11.5 Å².